The van der Waals surface area contributed by atoms with Gasteiger partial charge >= 0.3 is 0 Å². The van der Waals surface area contributed by atoms with Crippen molar-refractivity contribution in [1.82, 2.24) is 4.90 Å². The fourth-order valence-corrected chi connectivity index (χ4v) is 3.42. The topological polar surface area (TPSA) is 29.3 Å². The lowest BCUT2D eigenvalue weighted by atomic mass is 9.76. The van der Waals surface area contributed by atoms with Crippen LogP contribution in [0, 0.1) is 17.7 Å². The van der Waals surface area contributed by atoms with E-state index in [1.807, 2.05) is 12.1 Å². The van der Waals surface area contributed by atoms with Gasteiger partial charge in [0.25, 0.3) is 0 Å². The molecule has 2 N–H and O–H groups in total. The lowest BCUT2D eigenvalue weighted by Gasteiger charge is -2.37. The van der Waals surface area contributed by atoms with E-state index in [0.717, 1.165) is 12.1 Å². The molecule has 1 aliphatic rings. The van der Waals surface area contributed by atoms with Crippen LogP contribution in [-0.2, 0) is 0 Å². The first-order valence-corrected chi connectivity index (χ1v) is 7.23. The van der Waals surface area contributed by atoms with E-state index in [-0.39, 0.29) is 5.82 Å². The number of hydrogen-bond donors (Lipinski definition) is 1. The molecule has 1 atom stereocenters. The van der Waals surface area contributed by atoms with Gasteiger partial charge in [0.2, 0.25) is 0 Å². The SMILES string of the molecule is CN(C)C(c1cccc(F)c1)C1CCC(CN)CC1. The Balaban J connectivity index is 2.13. The quantitative estimate of drug-likeness (QED) is 0.905. The Morgan fingerprint density at radius 1 is 1.26 bits per heavy atom. The van der Waals surface area contributed by atoms with Crippen LogP contribution in [-0.4, -0.2) is 25.5 Å². The maximum absolute atomic E-state index is 13.4. The smallest absolute Gasteiger partial charge is 0.123 e. The Morgan fingerprint density at radius 3 is 2.47 bits per heavy atom. The summed E-state index contributed by atoms with van der Waals surface area (Å²) in [5.41, 5.74) is 6.85. The third kappa shape index (κ3) is 3.54. The summed E-state index contributed by atoms with van der Waals surface area (Å²) >= 11 is 0. The molecule has 0 aliphatic heterocycles. The van der Waals surface area contributed by atoms with Crippen LogP contribution in [0.5, 0.6) is 0 Å². The first-order valence-electron chi connectivity index (χ1n) is 7.23. The summed E-state index contributed by atoms with van der Waals surface area (Å²) in [7, 11) is 4.18. The average Bonchev–Trinajstić information content (AvgIpc) is 2.39. The first kappa shape index (κ1) is 14.5. The molecular weight excluding hydrogens is 239 g/mol. The molecule has 1 aromatic carbocycles. The van der Waals surface area contributed by atoms with Crippen LogP contribution < -0.4 is 5.73 Å². The summed E-state index contributed by atoms with van der Waals surface area (Å²) < 4.78 is 13.4. The highest BCUT2D eigenvalue weighted by molar-refractivity contribution is 5.21. The molecule has 0 radical (unpaired) electrons. The first-order chi connectivity index (χ1) is 9.11. The monoisotopic (exact) mass is 264 g/mol. The molecule has 0 aromatic heterocycles. The fraction of sp³-hybridized carbons (Fsp3) is 0.625. The van der Waals surface area contributed by atoms with Crippen molar-refractivity contribution >= 4 is 0 Å². The molecule has 3 heteroatoms. The molecule has 2 rings (SSSR count). The maximum atomic E-state index is 13.4. The Labute approximate surface area is 115 Å². The van der Waals surface area contributed by atoms with Crippen LogP contribution in [0.4, 0.5) is 4.39 Å². The molecule has 1 fully saturated rings. The van der Waals surface area contributed by atoms with Gasteiger partial charge in [-0.3, -0.25) is 0 Å². The summed E-state index contributed by atoms with van der Waals surface area (Å²) in [5.74, 6) is 1.16. The second-order valence-corrected chi connectivity index (χ2v) is 5.98. The second kappa shape index (κ2) is 6.49. The van der Waals surface area contributed by atoms with Crippen LogP contribution in [0.2, 0.25) is 0 Å². The van der Waals surface area contributed by atoms with Crippen molar-refractivity contribution in [2.75, 3.05) is 20.6 Å². The third-order valence-corrected chi connectivity index (χ3v) is 4.42. The molecule has 1 aromatic rings. The van der Waals surface area contributed by atoms with E-state index < -0.39 is 0 Å². The van der Waals surface area contributed by atoms with Crippen LogP contribution in [0.25, 0.3) is 0 Å². The zero-order chi connectivity index (χ0) is 13.8. The summed E-state index contributed by atoms with van der Waals surface area (Å²) in [6.07, 6.45) is 4.81. The van der Waals surface area contributed by atoms with Crippen molar-refractivity contribution < 1.29 is 4.39 Å². The zero-order valence-electron chi connectivity index (χ0n) is 12.0. The predicted molar refractivity (Wildman–Crippen MR) is 77.3 cm³/mol. The van der Waals surface area contributed by atoms with Gasteiger partial charge in [0.05, 0.1) is 0 Å². The van der Waals surface area contributed by atoms with Gasteiger partial charge in [-0.1, -0.05) is 12.1 Å². The standard InChI is InChI=1S/C16H25FN2/c1-19(2)16(14-4-3-5-15(17)10-14)13-8-6-12(11-18)7-9-13/h3-5,10,12-13,16H,6-9,11,18H2,1-2H3. The van der Waals surface area contributed by atoms with Gasteiger partial charge in [0.1, 0.15) is 5.82 Å². The number of halogens is 1. The minimum atomic E-state index is -0.139. The van der Waals surface area contributed by atoms with E-state index >= 15 is 0 Å². The van der Waals surface area contributed by atoms with Crippen LogP contribution >= 0.6 is 0 Å². The number of rotatable bonds is 4. The average molecular weight is 264 g/mol. The highest BCUT2D eigenvalue weighted by atomic mass is 19.1. The van der Waals surface area contributed by atoms with E-state index in [9.17, 15) is 4.39 Å². The van der Waals surface area contributed by atoms with Crippen LogP contribution in [0.3, 0.4) is 0 Å². The van der Waals surface area contributed by atoms with Crippen molar-refractivity contribution in [3.8, 4) is 0 Å². The van der Waals surface area contributed by atoms with E-state index in [0.29, 0.717) is 17.9 Å². The molecule has 1 saturated carbocycles. The molecule has 0 spiro atoms. The fourth-order valence-electron chi connectivity index (χ4n) is 3.42. The van der Waals surface area contributed by atoms with Crippen molar-refractivity contribution in [2.45, 2.75) is 31.7 Å². The Hall–Kier alpha value is -0.930. The lowest BCUT2D eigenvalue weighted by molar-refractivity contribution is 0.150. The highest BCUT2D eigenvalue weighted by Crippen LogP contribution is 2.39. The summed E-state index contributed by atoms with van der Waals surface area (Å²) in [6, 6.07) is 7.37. The van der Waals surface area contributed by atoms with Gasteiger partial charge in [-0.25, -0.2) is 4.39 Å². The molecule has 1 aliphatic carbocycles. The lowest BCUT2D eigenvalue weighted by Crippen LogP contribution is -2.31. The van der Waals surface area contributed by atoms with E-state index in [4.69, 9.17) is 5.73 Å². The van der Waals surface area contributed by atoms with Crippen molar-refractivity contribution in [2.24, 2.45) is 17.6 Å². The molecule has 2 nitrogen and oxygen atoms in total. The van der Waals surface area contributed by atoms with Gasteiger partial charge in [-0.05, 0) is 75.9 Å². The number of nitrogens with two attached hydrogens (primary N) is 1. The normalized spacial score (nSPS) is 25.5. The second-order valence-electron chi connectivity index (χ2n) is 5.98. The maximum Gasteiger partial charge on any atom is 0.123 e. The number of benzene rings is 1. The Kier molecular flexibility index (Phi) is 4.94. The molecule has 0 amide bonds. The van der Waals surface area contributed by atoms with E-state index in [1.165, 1.54) is 31.7 Å². The van der Waals surface area contributed by atoms with Gasteiger partial charge in [-0.15, -0.1) is 0 Å². The number of nitrogens with zero attached hydrogens (tertiary/aromatic N) is 1. The molecule has 0 saturated heterocycles. The van der Waals surface area contributed by atoms with Crippen molar-refractivity contribution in [1.29, 1.82) is 0 Å². The largest absolute Gasteiger partial charge is 0.330 e. The number of hydrogen-bond acceptors (Lipinski definition) is 2. The molecule has 1 unspecified atom stereocenters. The van der Waals surface area contributed by atoms with Gasteiger partial charge in [0, 0.05) is 6.04 Å². The molecular formula is C16H25FN2. The summed E-state index contributed by atoms with van der Waals surface area (Å²) in [4.78, 5) is 2.22. The highest BCUT2D eigenvalue weighted by Gasteiger charge is 2.29. The van der Waals surface area contributed by atoms with Crippen LogP contribution in [0.1, 0.15) is 37.3 Å². The van der Waals surface area contributed by atoms with E-state index in [2.05, 4.69) is 19.0 Å². The van der Waals surface area contributed by atoms with E-state index in [1.54, 1.807) is 6.07 Å². The molecule has 19 heavy (non-hydrogen) atoms. The molecule has 0 bridgehead atoms. The van der Waals surface area contributed by atoms with Gasteiger partial charge < -0.3 is 10.6 Å². The van der Waals surface area contributed by atoms with Crippen molar-refractivity contribution in [3.63, 3.8) is 0 Å². The van der Waals surface area contributed by atoms with Gasteiger partial charge in [0.15, 0.2) is 0 Å². The molecule has 106 valence electrons. The van der Waals surface area contributed by atoms with Crippen LogP contribution in [0.15, 0.2) is 24.3 Å². The Morgan fingerprint density at radius 2 is 1.95 bits per heavy atom. The molecule has 0 heterocycles. The zero-order valence-corrected chi connectivity index (χ0v) is 12.0. The summed E-state index contributed by atoms with van der Waals surface area (Å²) in [5, 5.41) is 0. The minimum Gasteiger partial charge on any atom is -0.330 e. The third-order valence-electron chi connectivity index (χ3n) is 4.42. The van der Waals surface area contributed by atoms with Gasteiger partial charge in [-0.2, -0.15) is 0 Å². The Bertz CT molecular complexity index is 397. The minimum absolute atomic E-state index is 0.139. The van der Waals surface area contributed by atoms with Crippen molar-refractivity contribution in [3.05, 3.63) is 35.6 Å². The summed E-state index contributed by atoms with van der Waals surface area (Å²) in [6.45, 7) is 0.805. The predicted octanol–water partition coefficient (Wildman–Crippen LogP) is 3.19.